The van der Waals surface area contributed by atoms with Crippen LogP contribution in [0.15, 0.2) is 23.1 Å². The van der Waals surface area contributed by atoms with E-state index >= 15 is 0 Å². The van der Waals surface area contributed by atoms with Gasteiger partial charge in [0.15, 0.2) is 5.11 Å². The molecule has 0 saturated carbocycles. The standard InChI is InChI=1S/C16H26N4O4S2/c1-19(2)26(21,22)15-12-13(4-5-14(15)23-3)18-16(25)17-6-7-20-8-10-24-11-9-20/h4-5,12H,6-11H2,1-3H3,(H2,17,18,25)/p+1. The van der Waals surface area contributed by atoms with Crippen LogP contribution < -0.4 is 20.3 Å². The average molecular weight is 404 g/mol. The zero-order valence-corrected chi connectivity index (χ0v) is 17.0. The number of sulfonamides is 1. The number of thiocarbonyl (C=S) groups is 1. The SMILES string of the molecule is COc1ccc(NC(=S)NCC[NH+]2CCOCC2)cc1S(=O)(=O)N(C)C. The van der Waals surface area contributed by atoms with Crippen molar-refractivity contribution in [2.45, 2.75) is 4.90 Å². The van der Waals surface area contributed by atoms with E-state index in [4.69, 9.17) is 21.7 Å². The fourth-order valence-corrected chi connectivity index (χ4v) is 3.89. The summed E-state index contributed by atoms with van der Waals surface area (Å²) in [6.45, 7) is 5.30. The first-order chi connectivity index (χ1) is 12.3. The van der Waals surface area contributed by atoms with Crippen molar-refractivity contribution < 1.29 is 22.8 Å². The van der Waals surface area contributed by atoms with E-state index in [0.29, 0.717) is 16.5 Å². The number of hydrogen-bond acceptors (Lipinski definition) is 5. The Labute approximate surface area is 160 Å². The van der Waals surface area contributed by atoms with Gasteiger partial charge in [-0.2, -0.15) is 0 Å². The van der Waals surface area contributed by atoms with Crippen LogP contribution in [0.25, 0.3) is 0 Å². The molecule has 0 atom stereocenters. The minimum atomic E-state index is -3.62. The number of hydrogen-bond donors (Lipinski definition) is 3. The van der Waals surface area contributed by atoms with Crippen molar-refractivity contribution in [3.63, 3.8) is 0 Å². The molecule has 1 aliphatic rings. The number of nitrogens with zero attached hydrogens (tertiary/aromatic N) is 1. The van der Waals surface area contributed by atoms with E-state index in [-0.39, 0.29) is 4.90 Å². The van der Waals surface area contributed by atoms with Gasteiger partial charge in [0, 0.05) is 19.8 Å². The van der Waals surface area contributed by atoms with E-state index in [1.807, 2.05) is 0 Å². The van der Waals surface area contributed by atoms with E-state index in [0.717, 1.165) is 43.7 Å². The molecule has 1 aromatic carbocycles. The number of ether oxygens (including phenoxy) is 2. The highest BCUT2D eigenvalue weighted by Gasteiger charge is 2.22. The summed E-state index contributed by atoms with van der Waals surface area (Å²) in [7, 11) is 0.784. The molecule has 26 heavy (non-hydrogen) atoms. The van der Waals surface area contributed by atoms with Crippen LogP contribution in [0.4, 0.5) is 5.69 Å². The number of nitrogens with one attached hydrogen (secondary N) is 3. The summed E-state index contributed by atoms with van der Waals surface area (Å²) < 4.78 is 36.6. The minimum absolute atomic E-state index is 0.0931. The Morgan fingerprint density at radius 1 is 1.35 bits per heavy atom. The van der Waals surface area contributed by atoms with Gasteiger partial charge in [-0.3, -0.25) is 0 Å². The zero-order chi connectivity index (χ0) is 19.2. The Morgan fingerprint density at radius 2 is 2.04 bits per heavy atom. The van der Waals surface area contributed by atoms with Crippen molar-refractivity contribution >= 4 is 33.0 Å². The molecular formula is C16H27N4O4S2+. The van der Waals surface area contributed by atoms with Crippen molar-refractivity contribution in [2.75, 3.05) is 65.9 Å². The molecule has 1 aliphatic heterocycles. The summed E-state index contributed by atoms with van der Waals surface area (Å²) in [5, 5.41) is 6.64. The molecule has 1 aromatic rings. The molecule has 2 rings (SSSR count). The number of methoxy groups -OCH3 is 1. The third-order valence-electron chi connectivity index (χ3n) is 4.14. The lowest BCUT2D eigenvalue weighted by atomic mass is 10.3. The van der Waals surface area contributed by atoms with Crippen LogP contribution in [0.5, 0.6) is 5.75 Å². The molecule has 0 aromatic heterocycles. The predicted octanol–water partition coefficient (Wildman–Crippen LogP) is -0.853. The Morgan fingerprint density at radius 3 is 2.65 bits per heavy atom. The molecule has 1 fully saturated rings. The highest BCUT2D eigenvalue weighted by atomic mass is 32.2. The van der Waals surface area contributed by atoms with Crippen LogP contribution >= 0.6 is 12.2 Å². The number of benzene rings is 1. The highest BCUT2D eigenvalue weighted by molar-refractivity contribution is 7.89. The molecule has 0 amide bonds. The molecule has 0 radical (unpaired) electrons. The van der Waals surface area contributed by atoms with Crippen molar-refractivity contribution in [1.82, 2.24) is 9.62 Å². The second-order valence-corrected chi connectivity index (χ2v) is 8.67. The molecular weight excluding hydrogens is 376 g/mol. The summed E-state index contributed by atoms with van der Waals surface area (Å²) in [5.74, 6) is 0.291. The van der Waals surface area contributed by atoms with Gasteiger partial charge in [0.2, 0.25) is 10.0 Å². The Kier molecular flexibility index (Phi) is 7.59. The van der Waals surface area contributed by atoms with Gasteiger partial charge in [-0.15, -0.1) is 0 Å². The maximum Gasteiger partial charge on any atom is 0.246 e. The molecule has 146 valence electrons. The van der Waals surface area contributed by atoms with Crippen LogP contribution in [0.1, 0.15) is 0 Å². The van der Waals surface area contributed by atoms with Gasteiger partial charge in [-0.1, -0.05) is 0 Å². The summed E-state index contributed by atoms with van der Waals surface area (Å²) in [6, 6.07) is 4.86. The summed E-state index contributed by atoms with van der Waals surface area (Å²) in [6.07, 6.45) is 0. The van der Waals surface area contributed by atoms with Crippen molar-refractivity contribution in [3.05, 3.63) is 18.2 Å². The fraction of sp³-hybridized carbons (Fsp3) is 0.562. The van der Waals surface area contributed by atoms with E-state index < -0.39 is 10.0 Å². The van der Waals surface area contributed by atoms with Crippen molar-refractivity contribution in [1.29, 1.82) is 0 Å². The molecule has 1 saturated heterocycles. The largest absolute Gasteiger partial charge is 0.495 e. The zero-order valence-electron chi connectivity index (χ0n) is 15.4. The maximum absolute atomic E-state index is 12.5. The van der Waals surface area contributed by atoms with Gasteiger partial charge in [-0.25, -0.2) is 12.7 Å². The van der Waals surface area contributed by atoms with Gasteiger partial charge < -0.3 is 25.0 Å². The quantitative estimate of drug-likeness (QED) is 0.511. The smallest absolute Gasteiger partial charge is 0.246 e. The lowest BCUT2D eigenvalue weighted by Crippen LogP contribution is -3.14. The third kappa shape index (κ3) is 5.52. The Balaban J connectivity index is 1.97. The van der Waals surface area contributed by atoms with Gasteiger partial charge in [0.1, 0.15) is 23.7 Å². The van der Waals surface area contributed by atoms with Gasteiger partial charge in [0.25, 0.3) is 0 Å². The summed E-state index contributed by atoms with van der Waals surface area (Å²) in [4.78, 5) is 1.57. The van der Waals surface area contributed by atoms with E-state index in [9.17, 15) is 8.42 Å². The van der Waals surface area contributed by atoms with Gasteiger partial charge >= 0.3 is 0 Å². The topological polar surface area (TPSA) is 84.3 Å². The molecule has 10 heteroatoms. The lowest BCUT2D eigenvalue weighted by molar-refractivity contribution is -0.906. The predicted molar refractivity (Wildman–Crippen MR) is 104 cm³/mol. The lowest BCUT2D eigenvalue weighted by Gasteiger charge is -2.24. The van der Waals surface area contributed by atoms with Crippen LogP contribution in [-0.2, 0) is 14.8 Å². The molecule has 3 N–H and O–H groups in total. The van der Waals surface area contributed by atoms with E-state index in [2.05, 4.69) is 10.6 Å². The second kappa shape index (κ2) is 9.47. The third-order valence-corrected chi connectivity index (χ3v) is 6.23. The second-order valence-electron chi connectivity index (χ2n) is 6.15. The highest BCUT2D eigenvalue weighted by Crippen LogP contribution is 2.28. The van der Waals surface area contributed by atoms with Crippen LogP contribution in [-0.4, -0.2) is 78.4 Å². The summed E-state index contributed by atoms with van der Waals surface area (Å²) in [5.41, 5.74) is 0.586. The van der Waals surface area contributed by atoms with Crippen molar-refractivity contribution in [3.8, 4) is 5.75 Å². The maximum atomic E-state index is 12.5. The van der Waals surface area contributed by atoms with Crippen LogP contribution in [0.2, 0.25) is 0 Å². The molecule has 1 heterocycles. The van der Waals surface area contributed by atoms with Crippen LogP contribution in [0, 0.1) is 0 Å². The van der Waals surface area contributed by atoms with Crippen molar-refractivity contribution in [2.24, 2.45) is 0 Å². The molecule has 0 bridgehead atoms. The molecule has 0 spiro atoms. The number of anilines is 1. The van der Waals surface area contributed by atoms with E-state index in [1.165, 1.54) is 32.2 Å². The minimum Gasteiger partial charge on any atom is -0.495 e. The first kappa shape index (κ1) is 20.8. The van der Waals surface area contributed by atoms with E-state index in [1.54, 1.807) is 12.1 Å². The molecule has 0 aliphatic carbocycles. The van der Waals surface area contributed by atoms with Crippen LogP contribution in [0.3, 0.4) is 0 Å². The summed E-state index contributed by atoms with van der Waals surface area (Å²) >= 11 is 5.31. The van der Waals surface area contributed by atoms with Gasteiger partial charge in [0.05, 0.1) is 33.4 Å². The number of quaternary nitrogens is 1. The Hall–Kier alpha value is -1.46. The number of rotatable bonds is 7. The average Bonchev–Trinajstić information content (AvgIpc) is 2.62. The first-order valence-corrected chi connectivity index (χ1v) is 10.3. The monoisotopic (exact) mass is 403 g/mol. The first-order valence-electron chi connectivity index (χ1n) is 8.41. The molecule has 0 unspecified atom stereocenters. The molecule has 8 nitrogen and oxygen atoms in total. The fourth-order valence-electron chi connectivity index (χ4n) is 2.59. The Bertz CT molecular complexity index is 719. The number of morpholine rings is 1. The van der Waals surface area contributed by atoms with Gasteiger partial charge in [-0.05, 0) is 30.4 Å². The normalized spacial score (nSPS) is 15.7.